The zero-order valence-electron chi connectivity index (χ0n) is 11.0. The average molecular weight is 297 g/mol. The second kappa shape index (κ2) is 5.02. The lowest BCUT2D eigenvalue weighted by molar-refractivity contribution is 0.229. The average Bonchev–Trinajstić information content (AvgIpc) is 3.07. The molecule has 8 heteroatoms. The Morgan fingerprint density at radius 2 is 2.30 bits per heavy atom. The lowest BCUT2D eigenvalue weighted by Crippen LogP contribution is -2.32. The molecule has 1 aliphatic rings. The minimum Gasteiger partial charge on any atom is -0.459 e. The van der Waals surface area contributed by atoms with Crippen LogP contribution in [-0.4, -0.2) is 48.1 Å². The number of furan rings is 1. The summed E-state index contributed by atoms with van der Waals surface area (Å²) >= 11 is 0. The molecule has 1 saturated heterocycles. The van der Waals surface area contributed by atoms with E-state index in [4.69, 9.17) is 8.83 Å². The molecule has 2 aromatic rings. The van der Waals surface area contributed by atoms with Gasteiger partial charge in [-0.1, -0.05) is 0 Å². The smallest absolute Gasteiger partial charge is 0.283 e. The van der Waals surface area contributed by atoms with Crippen LogP contribution in [0, 0.1) is 0 Å². The molecule has 0 spiro atoms. The molecule has 0 saturated carbocycles. The van der Waals surface area contributed by atoms with Gasteiger partial charge in [0.25, 0.3) is 5.89 Å². The quantitative estimate of drug-likeness (QED) is 0.829. The predicted molar refractivity (Wildman–Crippen MR) is 70.5 cm³/mol. The molecular formula is C12H15N3O4S. The van der Waals surface area contributed by atoms with Crippen molar-refractivity contribution in [2.24, 2.45) is 0 Å². The summed E-state index contributed by atoms with van der Waals surface area (Å²) < 4.78 is 33.6. The Morgan fingerprint density at radius 1 is 1.45 bits per heavy atom. The fraction of sp³-hybridized carbons (Fsp3) is 0.500. The highest BCUT2D eigenvalue weighted by Crippen LogP contribution is 2.21. The van der Waals surface area contributed by atoms with Crippen molar-refractivity contribution < 1.29 is 17.3 Å². The molecule has 20 heavy (non-hydrogen) atoms. The summed E-state index contributed by atoms with van der Waals surface area (Å²) in [6.45, 7) is 0.424. The molecule has 0 radical (unpaired) electrons. The first-order valence-electron chi connectivity index (χ1n) is 6.30. The van der Waals surface area contributed by atoms with Crippen molar-refractivity contribution in [3.63, 3.8) is 0 Å². The van der Waals surface area contributed by atoms with Crippen molar-refractivity contribution in [1.82, 2.24) is 15.1 Å². The number of hydrogen-bond donors (Lipinski definition) is 0. The number of rotatable bonds is 4. The third-order valence-electron chi connectivity index (χ3n) is 3.42. The van der Waals surface area contributed by atoms with E-state index in [1.165, 1.54) is 6.26 Å². The molecule has 1 unspecified atom stereocenters. The summed E-state index contributed by atoms with van der Waals surface area (Å²) in [6.07, 6.45) is 2.19. The Bertz CT molecular complexity index is 677. The molecule has 2 aromatic heterocycles. The highest BCUT2D eigenvalue weighted by molar-refractivity contribution is 7.91. The first-order valence-corrected chi connectivity index (χ1v) is 8.12. The van der Waals surface area contributed by atoms with E-state index in [1.54, 1.807) is 12.1 Å². The summed E-state index contributed by atoms with van der Waals surface area (Å²) in [5.41, 5.74) is 0. The number of sulfone groups is 1. The van der Waals surface area contributed by atoms with Gasteiger partial charge in [-0.15, -0.1) is 10.2 Å². The lowest BCUT2D eigenvalue weighted by atomic mass is 10.2. The van der Waals surface area contributed by atoms with Gasteiger partial charge in [0.2, 0.25) is 5.89 Å². The second-order valence-corrected chi connectivity index (χ2v) is 7.18. The molecule has 7 nitrogen and oxygen atoms in total. The molecule has 1 fully saturated rings. The zero-order valence-corrected chi connectivity index (χ0v) is 11.8. The summed E-state index contributed by atoms with van der Waals surface area (Å²) in [6, 6.07) is 3.50. The summed E-state index contributed by atoms with van der Waals surface area (Å²) in [5.74, 6) is 1.75. The van der Waals surface area contributed by atoms with Gasteiger partial charge in [0.15, 0.2) is 15.6 Å². The first-order chi connectivity index (χ1) is 9.53. The highest BCUT2D eigenvalue weighted by atomic mass is 32.2. The van der Waals surface area contributed by atoms with Crippen molar-refractivity contribution in [2.75, 3.05) is 18.6 Å². The Kier molecular flexibility index (Phi) is 3.35. The van der Waals surface area contributed by atoms with Gasteiger partial charge in [-0.05, 0) is 25.6 Å². The van der Waals surface area contributed by atoms with Crippen molar-refractivity contribution in [2.45, 2.75) is 19.0 Å². The molecule has 0 N–H and O–H groups in total. The molecular weight excluding hydrogens is 282 g/mol. The van der Waals surface area contributed by atoms with Crippen LogP contribution in [0.2, 0.25) is 0 Å². The van der Waals surface area contributed by atoms with Crippen LogP contribution in [0.3, 0.4) is 0 Å². The standard InChI is InChI=1S/C12H15N3O4S/c1-15(9-4-6-20(16,17)8-9)7-11-13-14-12(19-11)10-3-2-5-18-10/h2-3,5,9H,4,6-8H2,1H3. The van der Waals surface area contributed by atoms with Crippen LogP contribution < -0.4 is 0 Å². The second-order valence-electron chi connectivity index (χ2n) is 4.95. The Labute approximate surface area is 116 Å². The monoisotopic (exact) mass is 297 g/mol. The lowest BCUT2D eigenvalue weighted by Gasteiger charge is -2.20. The molecule has 1 atom stereocenters. The van der Waals surface area contributed by atoms with E-state index in [0.29, 0.717) is 30.5 Å². The highest BCUT2D eigenvalue weighted by Gasteiger charge is 2.31. The summed E-state index contributed by atoms with van der Waals surface area (Å²) in [7, 11) is -1.02. The molecule has 3 rings (SSSR count). The van der Waals surface area contributed by atoms with Gasteiger partial charge in [0.1, 0.15) is 0 Å². The van der Waals surface area contributed by atoms with Gasteiger partial charge in [-0.25, -0.2) is 8.42 Å². The Hall–Kier alpha value is -1.67. The minimum atomic E-state index is -2.89. The predicted octanol–water partition coefficient (Wildman–Crippen LogP) is 0.948. The van der Waals surface area contributed by atoms with Gasteiger partial charge in [-0.3, -0.25) is 4.90 Å². The zero-order chi connectivity index (χ0) is 14.2. The maximum Gasteiger partial charge on any atom is 0.283 e. The molecule has 3 heterocycles. The van der Waals surface area contributed by atoms with Crippen LogP contribution >= 0.6 is 0 Å². The van der Waals surface area contributed by atoms with Crippen molar-refractivity contribution in [1.29, 1.82) is 0 Å². The first kappa shape index (κ1) is 13.3. The maximum atomic E-state index is 11.5. The molecule has 0 bridgehead atoms. The van der Waals surface area contributed by atoms with Crippen molar-refractivity contribution in [3.05, 3.63) is 24.3 Å². The van der Waals surface area contributed by atoms with Crippen LogP contribution in [0.4, 0.5) is 0 Å². The fourth-order valence-electron chi connectivity index (χ4n) is 2.28. The maximum absolute atomic E-state index is 11.5. The van der Waals surface area contributed by atoms with Crippen LogP contribution in [0.1, 0.15) is 12.3 Å². The molecule has 0 amide bonds. The fourth-order valence-corrected chi connectivity index (χ4v) is 4.09. The third-order valence-corrected chi connectivity index (χ3v) is 5.17. The molecule has 108 valence electrons. The van der Waals surface area contributed by atoms with E-state index in [1.807, 2.05) is 11.9 Å². The minimum absolute atomic E-state index is 0.0129. The van der Waals surface area contributed by atoms with Crippen molar-refractivity contribution >= 4 is 9.84 Å². The summed E-state index contributed by atoms with van der Waals surface area (Å²) in [4.78, 5) is 1.93. The van der Waals surface area contributed by atoms with Crippen LogP contribution in [0.5, 0.6) is 0 Å². The molecule has 0 aromatic carbocycles. The largest absolute Gasteiger partial charge is 0.459 e. The normalized spacial score (nSPS) is 21.6. The van der Waals surface area contributed by atoms with Crippen LogP contribution in [0.25, 0.3) is 11.7 Å². The molecule has 0 aliphatic carbocycles. The van der Waals surface area contributed by atoms with Crippen LogP contribution in [0.15, 0.2) is 27.2 Å². The number of aromatic nitrogens is 2. The van der Waals surface area contributed by atoms with E-state index in [9.17, 15) is 8.42 Å². The summed E-state index contributed by atoms with van der Waals surface area (Å²) in [5, 5.41) is 7.86. The van der Waals surface area contributed by atoms with E-state index in [2.05, 4.69) is 10.2 Å². The van der Waals surface area contributed by atoms with E-state index < -0.39 is 9.84 Å². The Morgan fingerprint density at radius 3 is 2.95 bits per heavy atom. The number of nitrogens with zero attached hydrogens (tertiary/aromatic N) is 3. The van der Waals surface area contributed by atoms with Crippen LogP contribution in [-0.2, 0) is 16.4 Å². The van der Waals surface area contributed by atoms with E-state index in [-0.39, 0.29) is 17.5 Å². The van der Waals surface area contributed by atoms with E-state index in [0.717, 1.165) is 0 Å². The SMILES string of the molecule is CN(Cc1nnc(-c2ccco2)o1)C1CCS(=O)(=O)C1. The Balaban J connectivity index is 1.66. The van der Waals surface area contributed by atoms with Gasteiger partial charge in [0.05, 0.1) is 24.3 Å². The van der Waals surface area contributed by atoms with Crippen molar-refractivity contribution in [3.8, 4) is 11.7 Å². The third kappa shape index (κ3) is 2.75. The van der Waals surface area contributed by atoms with Gasteiger partial charge in [0, 0.05) is 6.04 Å². The molecule has 1 aliphatic heterocycles. The van der Waals surface area contributed by atoms with Gasteiger partial charge >= 0.3 is 0 Å². The van der Waals surface area contributed by atoms with Gasteiger partial charge < -0.3 is 8.83 Å². The van der Waals surface area contributed by atoms with E-state index >= 15 is 0 Å². The number of hydrogen-bond acceptors (Lipinski definition) is 7. The topological polar surface area (TPSA) is 89.4 Å². The van der Waals surface area contributed by atoms with Gasteiger partial charge in [-0.2, -0.15) is 0 Å².